The fraction of sp³-hybridized carbons (Fsp3) is 0.188. The zero-order valence-corrected chi connectivity index (χ0v) is 12.2. The lowest BCUT2D eigenvalue weighted by atomic mass is 10.2. The van der Waals surface area contributed by atoms with E-state index in [1.807, 2.05) is 18.2 Å². The van der Waals surface area contributed by atoms with E-state index in [4.69, 9.17) is 10.5 Å². The zero-order chi connectivity index (χ0) is 15.9. The Bertz CT molecular complexity index is 622. The Morgan fingerprint density at radius 1 is 1.27 bits per heavy atom. The van der Waals surface area contributed by atoms with Crippen LogP contribution >= 0.6 is 0 Å². The SMILES string of the molecule is CC(OC(=O)Nc1cccc(N)c1)N(F)Cc1ccccc1. The van der Waals surface area contributed by atoms with Gasteiger partial charge < -0.3 is 10.5 Å². The second kappa shape index (κ2) is 7.42. The number of nitrogens with zero attached hydrogens (tertiary/aromatic N) is 1. The molecule has 0 aromatic heterocycles. The van der Waals surface area contributed by atoms with E-state index in [2.05, 4.69) is 5.32 Å². The molecule has 2 aromatic rings. The number of hydrogen-bond donors (Lipinski definition) is 2. The number of carbonyl (C=O) groups is 1. The van der Waals surface area contributed by atoms with Gasteiger partial charge in [0.25, 0.3) is 0 Å². The Labute approximate surface area is 128 Å². The summed E-state index contributed by atoms with van der Waals surface area (Å²) in [6.45, 7) is 1.50. The average Bonchev–Trinajstić information content (AvgIpc) is 2.48. The van der Waals surface area contributed by atoms with E-state index in [0.717, 1.165) is 5.56 Å². The van der Waals surface area contributed by atoms with Crippen molar-refractivity contribution in [1.29, 1.82) is 0 Å². The molecule has 0 heterocycles. The number of carbonyl (C=O) groups excluding carboxylic acids is 1. The van der Waals surface area contributed by atoms with Gasteiger partial charge in [0.15, 0.2) is 6.23 Å². The molecule has 0 bridgehead atoms. The van der Waals surface area contributed by atoms with Crippen LogP contribution in [0.1, 0.15) is 12.5 Å². The number of halogens is 1. The number of nitrogens with one attached hydrogen (secondary N) is 1. The lowest BCUT2D eigenvalue weighted by Gasteiger charge is -2.20. The lowest BCUT2D eigenvalue weighted by molar-refractivity contribution is -0.119. The number of anilines is 2. The Morgan fingerprint density at radius 3 is 2.68 bits per heavy atom. The molecule has 1 atom stereocenters. The van der Waals surface area contributed by atoms with Crippen molar-refractivity contribution < 1.29 is 14.0 Å². The molecule has 0 radical (unpaired) electrons. The minimum absolute atomic E-state index is 0.0353. The fourth-order valence-corrected chi connectivity index (χ4v) is 1.86. The summed E-state index contributed by atoms with van der Waals surface area (Å²) in [5, 5.41) is 2.95. The van der Waals surface area contributed by atoms with Gasteiger partial charge in [-0.1, -0.05) is 36.4 Å². The van der Waals surface area contributed by atoms with Crippen LogP contribution in [0.2, 0.25) is 0 Å². The second-order valence-electron chi connectivity index (χ2n) is 4.80. The standard InChI is InChI=1S/C16H18FN3O2/c1-12(20(17)11-13-6-3-2-4-7-13)22-16(21)19-15-9-5-8-14(18)10-15/h2-10,12H,11,18H2,1H3,(H,19,21). The molecule has 0 fully saturated rings. The summed E-state index contributed by atoms with van der Waals surface area (Å²) in [6.07, 6.45) is -1.75. The Morgan fingerprint density at radius 2 is 2.00 bits per heavy atom. The summed E-state index contributed by atoms with van der Waals surface area (Å²) in [5.74, 6) is 0. The topological polar surface area (TPSA) is 67.6 Å². The van der Waals surface area contributed by atoms with Crippen molar-refractivity contribution in [2.45, 2.75) is 19.7 Å². The van der Waals surface area contributed by atoms with Crippen molar-refractivity contribution in [3.8, 4) is 0 Å². The van der Waals surface area contributed by atoms with Crippen molar-refractivity contribution in [3.63, 3.8) is 0 Å². The van der Waals surface area contributed by atoms with Gasteiger partial charge in [0.1, 0.15) is 0 Å². The second-order valence-corrected chi connectivity index (χ2v) is 4.80. The smallest absolute Gasteiger partial charge is 0.413 e. The highest BCUT2D eigenvalue weighted by molar-refractivity contribution is 5.85. The van der Waals surface area contributed by atoms with E-state index in [9.17, 15) is 9.28 Å². The number of nitrogens with two attached hydrogens (primary N) is 1. The Hall–Kier alpha value is -2.60. The maximum Gasteiger partial charge on any atom is 0.413 e. The molecule has 3 N–H and O–H groups in total. The van der Waals surface area contributed by atoms with Crippen molar-refractivity contribution in [2.75, 3.05) is 11.1 Å². The van der Waals surface area contributed by atoms with Gasteiger partial charge in [-0.15, -0.1) is 9.60 Å². The molecule has 6 heteroatoms. The third kappa shape index (κ3) is 4.75. The largest absolute Gasteiger partial charge is 0.428 e. The molecule has 2 rings (SSSR count). The van der Waals surface area contributed by atoms with E-state index >= 15 is 0 Å². The molecule has 0 spiro atoms. The molecule has 0 saturated heterocycles. The maximum atomic E-state index is 14.0. The molecular formula is C16H18FN3O2. The molecule has 1 unspecified atom stereocenters. The number of benzene rings is 2. The minimum atomic E-state index is -1.01. The van der Waals surface area contributed by atoms with Crippen LogP contribution in [-0.4, -0.2) is 17.4 Å². The van der Waals surface area contributed by atoms with E-state index in [0.29, 0.717) is 16.5 Å². The highest BCUT2D eigenvalue weighted by atomic mass is 19.2. The van der Waals surface area contributed by atoms with Crippen LogP contribution < -0.4 is 11.1 Å². The van der Waals surface area contributed by atoms with Crippen molar-refractivity contribution in [1.82, 2.24) is 5.12 Å². The predicted octanol–water partition coefficient (Wildman–Crippen LogP) is 3.55. The maximum absolute atomic E-state index is 14.0. The molecule has 0 aliphatic heterocycles. The van der Waals surface area contributed by atoms with Gasteiger partial charge >= 0.3 is 6.09 Å². The van der Waals surface area contributed by atoms with E-state index in [1.54, 1.807) is 36.4 Å². The summed E-state index contributed by atoms with van der Waals surface area (Å²) in [7, 11) is 0. The molecule has 1 amide bonds. The quantitative estimate of drug-likeness (QED) is 0.503. The van der Waals surface area contributed by atoms with Gasteiger partial charge in [-0.2, -0.15) is 0 Å². The summed E-state index contributed by atoms with van der Waals surface area (Å²) >= 11 is 0. The molecule has 5 nitrogen and oxygen atoms in total. The summed E-state index contributed by atoms with van der Waals surface area (Å²) in [6, 6.07) is 15.7. The third-order valence-electron chi connectivity index (χ3n) is 2.98. The molecule has 22 heavy (non-hydrogen) atoms. The first-order chi connectivity index (χ1) is 10.5. The molecule has 2 aromatic carbocycles. The van der Waals surface area contributed by atoms with E-state index < -0.39 is 12.3 Å². The molecule has 0 aliphatic rings. The fourth-order valence-electron chi connectivity index (χ4n) is 1.86. The first-order valence-corrected chi connectivity index (χ1v) is 6.84. The minimum Gasteiger partial charge on any atom is -0.428 e. The van der Waals surface area contributed by atoms with E-state index in [-0.39, 0.29) is 6.54 Å². The lowest BCUT2D eigenvalue weighted by Crippen LogP contribution is -2.31. The van der Waals surface area contributed by atoms with Crippen molar-refractivity contribution in [2.24, 2.45) is 0 Å². The van der Waals surface area contributed by atoms with Gasteiger partial charge in [-0.3, -0.25) is 5.32 Å². The first-order valence-electron chi connectivity index (χ1n) is 6.84. The van der Waals surface area contributed by atoms with Gasteiger partial charge in [0.05, 0.1) is 6.54 Å². The normalized spacial score (nSPS) is 12.0. The summed E-state index contributed by atoms with van der Waals surface area (Å²) in [4.78, 5) is 11.7. The van der Waals surface area contributed by atoms with Crippen LogP contribution in [0.15, 0.2) is 54.6 Å². The number of amides is 1. The Balaban J connectivity index is 1.85. The monoisotopic (exact) mass is 303 g/mol. The van der Waals surface area contributed by atoms with Crippen molar-refractivity contribution in [3.05, 3.63) is 60.2 Å². The van der Waals surface area contributed by atoms with Gasteiger partial charge in [-0.25, -0.2) is 4.79 Å². The van der Waals surface area contributed by atoms with Crippen LogP contribution in [0.3, 0.4) is 0 Å². The van der Waals surface area contributed by atoms with Crippen LogP contribution in [0.25, 0.3) is 0 Å². The van der Waals surface area contributed by atoms with Crippen molar-refractivity contribution >= 4 is 17.5 Å². The number of hydrogen-bond acceptors (Lipinski definition) is 4. The first kappa shape index (κ1) is 15.8. The summed E-state index contributed by atoms with van der Waals surface area (Å²) < 4.78 is 18.9. The van der Waals surface area contributed by atoms with Gasteiger partial charge in [-0.05, 0) is 30.7 Å². The molecular weight excluding hydrogens is 285 g/mol. The van der Waals surface area contributed by atoms with Crippen LogP contribution in [0, 0.1) is 0 Å². The summed E-state index contributed by atoms with van der Waals surface area (Å²) in [5.41, 5.74) is 7.41. The van der Waals surface area contributed by atoms with Crippen LogP contribution in [0.4, 0.5) is 20.7 Å². The number of nitrogen functional groups attached to an aromatic ring is 1. The zero-order valence-electron chi connectivity index (χ0n) is 12.2. The molecule has 0 aliphatic carbocycles. The average molecular weight is 303 g/mol. The number of ether oxygens (including phenoxy) is 1. The molecule has 116 valence electrons. The predicted molar refractivity (Wildman–Crippen MR) is 83.5 cm³/mol. The van der Waals surface area contributed by atoms with Gasteiger partial charge in [0.2, 0.25) is 0 Å². The highest BCUT2D eigenvalue weighted by Gasteiger charge is 2.18. The van der Waals surface area contributed by atoms with E-state index in [1.165, 1.54) is 6.92 Å². The molecule has 0 saturated carbocycles. The van der Waals surface area contributed by atoms with Gasteiger partial charge in [0, 0.05) is 11.4 Å². The number of rotatable bonds is 5. The third-order valence-corrected chi connectivity index (χ3v) is 2.98. The Kier molecular flexibility index (Phi) is 5.32. The highest BCUT2D eigenvalue weighted by Crippen LogP contribution is 2.14. The van der Waals surface area contributed by atoms with Crippen LogP contribution in [-0.2, 0) is 11.3 Å². The van der Waals surface area contributed by atoms with Crippen LogP contribution in [0.5, 0.6) is 0 Å².